The average Bonchev–Trinajstić information content (AvgIpc) is 3.02. The largest absolute Gasteiger partial charge is 0.353 e. The molecule has 2 aliphatic rings. The minimum absolute atomic E-state index is 0.0198. The summed E-state index contributed by atoms with van der Waals surface area (Å²) in [6.45, 7) is 3.31. The minimum atomic E-state index is 0.0198. The zero-order chi connectivity index (χ0) is 13.1. The van der Waals surface area contributed by atoms with Gasteiger partial charge in [-0.15, -0.1) is 11.8 Å². The molecule has 1 aromatic heterocycles. The minimum Gasteiger partial charge on any atom is -0.353 e. The summed E-state index contributed by atoms with van der Waals surface area (Å²) in [5.41, 5.74) is 0. The first kappa shape index (κ1) is 12.7. The van der Waals surface area contributed by atoms with Crippen molar-refractivity contribution >= 4 is 23.5 Å². The van der Waals surface area contributed by atoms with Crippen LogP contribution in [0.4, 0.5) is 5.82 Å². The molecule has 0 aromatic carbocycles. The van der Waals surface area contributed by atoms with Crippen molar-refractivity contribution < 1.29 is 4.79 Å². The highest BCUT2D eigenvalue weighted by Crippen LogP contribution is 2.16. The third-order valence-corrected chi connectivity index (χ3v) is 4.52. The van der Waals surface area contributed by atoms with Crippen LogP contribution in [0.1, 0.15) is 0 Å². The quantitative estimate of drug-likeness (QED) is 0.848. The maximum absolute atomic E-state index is 12.3. The van der Waals surface area contributed by atoms with Crippen molar-refractivity contribution in [2.24, 2.45) is 0 Å². The summed E-state index contributed by atoms with van der Waals surface area (Å²) in [4.78, 5) is 20.8. The molecule has 1 aromatic rings. The zero-order valence-corrected chi connectivity index (χ0v) is 11.6. The number of anilines is 1. The summed E-state index contributed by atoms with van der Waals surface area (Å²) in [5.74, 6) is 3.05. The number of aromatic nitrogens is 1. The number of thioether (sulfide) groups is 1. The fraction of sp³-hybridized carbons (Fsp3) is 0.538. The summed E-state index contributed by atoms with van der Waals surface area (Å²) < 4.78 is 0. The van der Waals surface area contributed by atoms with Gasteiger partial charge in [-0.3, -0.25) is 10.1 Å². The van der Waals surface area contributed by atoms with Crippen LogP contribution in [0.15, 0.2) is 24.4 Å². The van der Waals surface area contributed by atoms with Gasteiger partial charge < -0.3 is 9.80 Å². The first-order valence-electron chi connectivity index (χ1n) is 6.60. The van der Waals surface area contributed by atoms with Gasteiger partial charge in [-0.1, -0.05) is 6.07 Å². The Morgan fingerprint density at radius 1 is 1.32 bits per heavy atom. The Kier molecular flexibility index (Phi) is 3.89. The van der Waals surface area contributed by atoms with E-state index in [2.05, 4.69) is 15.2 Å². The van der Waals surface area contributed by atoms with Crippen LogP contribution in [0.3, 0.4) is 0 Å². The molecule has 1 N–H and O–H groups in total. The van der Waals surface area contributed by atoms with Crippen molar-refractivity contribution in [2.45, 2.75) is 6.04 Å². The van der Waals surface area contributed by atoms with E-state index >= 15 is 0 Å². The number of nitrogens with one attached hydrogen (secondary N) is 1. The van der Waals surface area contributed by atoms with E-state index in [1.54, 1.807) is 11.8 Å². The van der Waals surface area contributed by atoms with E-state index < -0.39 is 0 Å². The first-order chi connectivity index (χ1) is 9.34. The van der Waals surface area contributed by atoms with Gasteiger partial charge in [0, 0.05) is 44.0 Å². The molecule has 2 fully saturated rings. The number of hydrogen-bond donors (Lipinski definition) is 1. The van der Waals surface area contributed by atoms with Crippen molar-refractivity contribution in [1.29, 1.82) is 0 Å². The topological polar surface area (TPSA) is 48.5 Å². The predicted molar refractivity (Wildman–Crippen MR) is 77.3 cm³/mol. The van der Waals surface area contributed by atoms with E-state index in [1.165, 1.54) is 0 Å². The Morgan fingerprint density at radius 3 is 2.79 bits per heavy atom. The standard InChI is InChI=1S/C13H18N4OS/c18-13(11-9-19-10-15-11)17-7-5-16(6-8-17)12-3-1-2-4-14-12/h1-4,11,15H,5-10H2. The molecule has 0 spiro atoms. The lowest BCUT2D eigenvalue weighted by molar-refractivity contribution is -0.132. The second kappa shape index (κ2) is 5.79. The lowest BCUT2D eigenvalue weighted by atomic mass is 10.2. The van der Waals surface area contributed by atoms with Crippen LogP contribution in [0.2, 0.25) is 0 Å². The summed E-state index contributed by atoms with van der Waals surface area (Å²) in [6, 6.07) is 5.96. The lowest BCUT2D eigenvalue weighted by Crippen LogP contribution is -2.53. The second-order valence-corrected chi connectivity index (χ2v) is 5.80. The molecule has 2 aliphatic heterocycles. The predicted octanol–water partition coefficient (Wildman–Crippen LogP) is 0.393. The highest BCUT2D eigenvalue weighted by Gasteiger charge is 2.29. The molecule has 0 aliphatic carbocycles. The second-order valence-electron chi connectivity index (χ2n) is 4.77. The molecule has 0 saturated carbocycles. The summed E-state index contributed by atoms with van der Waals surface area (Å²) in [6.07, 6.45) is 1.81. The Hall–Kier alpha value is -1.27. The highest BCUT2D eigenvalue weighted by atomic mass is 32.2. The maximum Gasteiger partial charge on any atom is 0.240 e. The zero-order valence-electron chi connectivity index (χ0n) is 10.8. The van der Waals surface area contributed by atoms with Crippen molar-refractivity contribution in [1.82, 2.24) is 15.2 Å². The van der Waals surface area contributed by atoms with E-state index in [9.17, 15) is 4.79 Å². The number of piperazine rings is 1. The molecule has 102 valence electrons. The Bertz CT molecular complexity index is 428. The van der Waals surface area contributed by atoms with E-state index in [-0.39, 0.29) is 11.9 Å². The molecule has 6 heteroatoms. The molecule has 1 amide bonds. The van der Waals surface area contributed by atoms with Crippen molar-refractivity contribution in [3.8, 4) is 0 Å². The summed E-state index contributed by atoms with van der Waals surface area (Å²) in [5, 5.41) is 3.24. The van der Waals surface area contributed by atoms with Crippen LogP contribution < -0.4 is 10.2 Å². The lowest BCUT2D eigenvalue weighted by Gasteiger charge is -2.36. The highest BCUT2D eigenvalue weighted by molar-refractivity contribution is 7.99. The molecular weight excluding hydrogens is 260 g/mol. The number of nitrogens with zero attached hydrogens (tertiary/aromatic N) is 3. The number of pyridine rings is 1. The molecule has 2 saturated heterocycles. The summed E-state index contributed by atoms with van der Waals surface area (Å²) >= 11 is 1.79. The third-order valence-electron chi connectivity index (χ3n) is 3.58. The number of carbonyl (C=O) groups is 1. The smallest absolute Gasteiger partial charge is 0.240 e. The van der Waals surface area contributed by atoms with Gasteiger partial charge in [-0.25, -0.2) is 4.98 Å². The molecule has 3 rings (SSSR count). The average molecular weight is 278 g/mol. The van der Waals surface area contributed by atoms with Gasteiger partial charge in [0.2, 0.25) is 5.91 Å². The van der Waals surface area contributed by atoms with Crippen LogP contribution in [0, 0.1) is 0 Å². The van der Waals surface area contributed by atoms with Crippen LogP contribution in [0.25, 0.3) is 0 Å². The molecule has 3 heterocycles. The number of rotatable bonds is 2. The Morgan fingerprint density at radius 2 is 2.16 bits per heavy atom. The van der Waals surface area contributed by atoms with Gasteiger partial charge in [0.25, 0.3) is 0 Å². The fourth-order valence-electron chi connectivity index (χ4n) is 2.47. The van der Waals surface area contributed by atoms with Crippen molar-refractivity contribution in [3.63, 3.8) is 0 Å². The van der Waals surface area contributed by atoms with Gasteiger partial charge in [0.05, 0.1) is 6.04 Å². The maximum atomic E-state index is 12.3. The third kappa shape index (κ3) is 2.84. The van der Waals surface area contributed by atoms with Crippen molar-refractivity contribution in [3.05, 3.63) is 24.4 Å². The van der Waals surface area contributed by atoms with Gasteiger partial charge >= 0.3 is 0 Å². The number of amides is 1. The monoisotopic (exact) mass is 278 g/mol. The molecule has 0 radical (unpaired) electrons. The van der Waals surface area contributed by atoms with E-state index in [0.717, 1.165) is 43.6 Å². The van der Waals surface area contributed by atoms with Crippen LogP contribution in [-0.4, -0.2) is 59.6 Å². The van der Waals surface area contributed by atoms with Crippen LogP contribution >= 0.6 is 11.8 Å². The Labute approximate surface area is 117 Å². The van der Waals surface area contributed by atoms with Gasteiger partial charge in [-0.2, -0.15) is 0 Å². The normalized spacial score (nSPS) is 23.7. The molecular formula is C13H18N4OS. The SMILES string of the molecule is O=C(C1CSCN1)N1CCN(c2ccccn2)CC1. The van der Waals surface area contributed by atoms with Crippen molar-refractivity contribution in [2.75, 3.05) is 42.7 Å². The van der Waals surface area contributed by atoms with Crippen LogP contribution in [-0.2, 0) is 4.79 Å². The molecule has 5 nitrogen and oxygen atoms in total. The molecule has 19 heavy (non-hydrogen) atoms. The van der Waals surface area contributed by atoms with E-state index in [1.807, 2.05) is 29.3 Å². The van der Waals surface area contributed by atoms with E-state index in [4.69, 9.17) is 0 Å². The molecule has 1 atom stereocenters. The van der Waals surface area contributed by atoms with Gasteiger partial charge in [0.15, 0.2) is 0 Å². The summed E-state index contributed by atoms with van der Waals surface area (Å²) in [7, 11) is 0. The molecule has 1 unspecified atom stereocenters. The first-order valence-corrected chi connectivity index (χ1v) is 7.76. The fourth-order valence-corrected chi connectivity index (χ4v) is 3.40. The van der Waals surface area contributed by atoms with Gasteiger partial charge in [0.1, 0.15) is 5.82 Å². The van der Waals surface area contributed by atoms with E-state index in [0.29, 0.717) is 0 Å². The number of hydrogen-bond acceptors (Lipinski definition) is 5. The number of carbonyl (C=O) groups excluding carboxylic acids is 1. The van der Waals surface area contributed by atoms with Gasteiger partial charge in [-0.05, 0) is 12.1 Å². The van der Waals surface area contributed by atoms with Crippen LogP contribution in [0.5, 0.6) is 0 Å². The molecule has 0 bridgehead atoms. The Balaban J connectivity index is 1.56.